The highest BCUT2D eigenvalue weighted by Gasteiger charge is 2.23. The Labute approximate surface area is 122 Å². The number of carbonyl (C=O) groups excluding carboxylic acids is 3. The van der Waals surface area contributed by atoms with Crippen molar-refractivity contribution in [3.63, 3.8) is 0 Å². The predicted octanol–water partition coefficient (Wildman–Crippen LogP) is 0.652. The molecule has 0 saturated carbocycles. The molecule has 1 unspecified atom stereocenters. The van der Waals surface area contributed by atoms with Crippen molar-refractivity contribution < 1.29 is 19.1 Å². The summed E-state index contributed by atoms with van der Waals surface area (Å²) in [6, 6.07) is 0.823. The van der Waals surface area contributed by atoms with Gasteiger partial charge in [-0.3, -0.25) is 10.1 Å². The molecule has 0 aliphatic rings. The molecular weight excluding hydrogens is 276 g/mol. The number of nitrogen functional groups attached to an aromatic ring is 1. The Hall–Kier alpha value is -2.51. The molecule has 1 rings (SSSR count). The van der Waals surface area contributed by atoms with Crippen molar-refractivity contribution in [2.24, 2.45) is 0 Å². The van der Waals surface area contributed by atoms with E-state index in [4.69, 9.17) is 10.5 Å². The van der Waals surface area contributed by atoms with Gasteiger partial charge in [0, 0.05) is 19.3 Å². The number of rotatable bonds is 4. The molecular formula is C13H20N4O4. The van der Waals surface area contributed by atoms with E-state index in [2.05, 4.69) is 5.32 Å². The van der Waals surface area contributed by atoms with Gasteiger partial charge in [-0.1, -0.05) is 0 Å². The van der Waals surface area contributed by atoms with E-state index in [1.807, 2.05) is 19.2 Å². The van der Waals surface area contributed by atoms with Crippen LogP contribution >= 0.6 is 0 Å². The average Bonchev–Trinajstić information content (AvgIpc) is 2.80. The number of anilines is 1. The number of nitrogens with zero attached hydrogens (tertiary/aromatic N) is 1. The summed E-state index contributed by atoms with van der Waals surface area (Å²) in [5, 5.41) is 4.26. The number of carbonyl (C=O) groups is 3. The van der Waals surface area contributed by atoms with Crippen LogP contribution in [0.4, 0.5) is 10.5 Å². The topological polar surface area (TPSA) is 115 Å². The Kier molecular flexibility index (Phi) is 5.34. The molecule has 1 heterocycles. The van der Waals surface area contributed by atoms with Crippen molar-refractivity contribution in [3.8, 4) is 0 Å². The molecule has 0 radical (unpaired) electrons. The number of nitrogens with one attached hydrogen (secondary N) is 2. The molecule has 0 aliphatic carbocycles. The number of esters is 1. The van der Waals surface area contributed by atoms with E-state index in [0.717, 1.165) is 0 Å². The maximum Gasteiger partial charge on any atom is 0.355 e. The maximum absolute atomic E-state index is 12.1. The van der Waals surface area contributed by atoms with Crippen molar-refractivity contribution in [2.45, 2.75) is 32.9 Å². The zero-order valence-electron chi connectivity index (χ0n) is 12.5. The predicted molar refractivity (Wildman–Crippen MR) is 76.7 cm³/mol. The maximum atomic E-state index is 12.1. The van der Waals surface area contributed by atoms with E-state index >= 15 is 0 Å². The van der Waals surface area contributed by atoms with Gasteiger partial charge in [0.1, 0.15) is 5.69 Å². The quantitative estimate of drug-likeness (QED) is 0.706. The third-order valence-electron chi connectivity index (χ3n) is 2.75. The number of ether oxygens (including phenoxy) is 1. The van der Waals surface area contributed by atoms with Gasteiger partial charge in [-0.05, 0) is 26.8 Å². The van der Waals surface area contributed by atoms with E-state index in [9.17, 15) is 14.4 Å². The summed E-state index contributed by atoms with van der Waals surface area (Å²) >= 11 is 0. The van der Waals surface area contributed by atoms with Gasteiger partial charge in [0.25, 0.3) is 5.91 Å². The Morgan fingerprint density at radius 1 is 1.29 bits per heavy atom. The lowest BCUT2D eigenvalue weighted by Gasteiger charge is -2.15. The van der Waals surface area contributed by atoms with E-state index in [0.29, 0.717) is 5.69 Å². The molecule has 8 heteroatoms. The van der Waals surface area contributed by atoms with Gasteiger partial charge in [-0.25, -0.2) is 9.59 Å². The summed E-state index contributed by atoms with van der Waals surface area (Å²) in [6.45, 7) is 5.15. The molecule has 0 saturated heterocycles. The normalized spacial score (nSPS) is 11.9. The third kappa shape index (κ3) is 4.23. The van der Waals surface area contributed by atoms with Crippen LogP contribution in [0.15, 0.2) is 12.3 Å². The van der Waals surface area contributed by atoms with Crippen LogP contribution in [-0.2, 0) is 9.53 Å². The Morgan fingerprint density at radius 2 is 1.90 bits per heavy atom. The first-order chi connectivity index (χ1) is 9.76. The molecule has 0 fully saturated rings. The molecule has 0 bridgehead atoms. The largest absolute Gasteiger partial charge is 0.448 e. The number of hydrogen-bond acceptors (Lipinski definition) is 5. The highest BCUT2D eigenvalue weighted by Crippen LogP contribution is 2.17. The Morgan fingerprint density at radius 3 is 2.43 bits per heavy atom. The SMILES string of the molecule is CNC(=O)NC(=O)C(C)OC(=O)c1cc(N)cn1C(C)C. The first-order valence-electron chi connectivity index (χ1n) is 6.47. The van der Waals surface area contributed by atoms with Crippen molar-refractivity contribution >= 4 is 23.6 Å². The zero-order chi connectivity index (χ0) is 16.2. The van der Waals surface area contributed by atoms with Crippen LogP contribution in [-0.4, -0.2) is 35.6 Å². The van der Waals surface area contributed by atoms with E-state index in [1.54, 1.807) is 10.8 Å². The molecule has 1 aromatic rings. The number of imide groups is 1. The zero-order valence-corrected chi connectivity index (χ0v) is 12.5. The van der Waals surface area contributed by atoms with Gasteiger partial charge < -0.3 is 20.4 Å². The minimum atomic E-state index is -1.11. The molecule has 21 heavy (non-hydrogen) atoms. The highest BCUT2D eigenvalue weighted by molar-refractivity contribution is 5.98. The second-order valence-electron chi connectivity index (χ2n) is 4.78. The van der Waals surface area contributed by atoms with Gasteiger partial charge in [-0.15, -0.1) is 0 Å². The second-order valence-corrected chi connectivity index (χ2v) is 4.78. The molecule has 1 aromatic heterocycles. The molecule has 0 aromatic carbocycles. The van der Waals surface area contributed by atoms with Crippen LogP contribution in [0.1, 0.15) is 37.3 Å². The fourth-order valence-corrected chi connectivity index (χ4v) is 1.64. The van der Waals surface area contributed by atoms with Crippen LogP contribution < -0.4 is 16.4 Å². The standard InChI is InChI=1S/C13H20N4O4/c1-7(2)17-6-9(14)5-10(17)12(19)21-8(3)11(18)16-13(20)15-4/h5-8H,14H2,1-4H3,(H2,15,16,18,20). The van der Waals surface area contributed by atoms with Gasteiger partial charge in [0.15, 0.2) is 6.10 Å². The van der Waals surface area contributed by atoms with E-state index in [-0.39, 0.29) is 11.7 Å². The van der Waals surface area contributed by atoms with Crippen LogP contribution in [0.25, 0.3) is 0 Å². The van der Waals surface area contributed by atoms with Crippen LogP contribution in [0, 0.1) is 0 Å². The summed E-state index contributed by atoms with van der Waals surface area (Å²) in [6.07, 6.45) is 0.516. The molecule has 8 nitrogen and oxygen atoms in total. The lowest BCUT2D eigenvalue weighted by Crippen LogP contribution is -2.43. The van der Waals surface area contributed by atoms with Gasteiger partial charge in [0.2, 0.25) is 0 Å². The molecule has 3 amide bonds. The summed E-state index contributed by atoms with van der Waals surface area (Å²) in [7, 11) is 1.37. The first kappa shape index (κ1) is 16.5. The third-order valence-corrected chi connectivity index (χ3v) is 2.75. The number of aromatic nitrogens is 1. The molecule has 4 N–H and O–H groups in total. The fraction of sp³-hybridized carbons (Fsp3) is 0.462. The molecule has 116 valence electrons. The number of urea groups is 1. The van der Waals surface area contributed by atoms with Gasteiger partial charge >= 0.3 is 12.0 Å². The van der Waals surface area contributed by atoms with Gasteiger partial charge in [-0.2, -0.15) is 0 Å². The summed E-state index contributed by atoms with van der Waals surface area (Å²) in [5.74, 6) is -1.39. The fourth-order valence-electron chi connectivity index (χ4n) is 1.64. The summed E-state index contributed by atoms with van der Waals surface area (Å²) < 4.78 is 6.69. The monoisotopic (exact) mass is 296 g/mol. The van der Waals surface area contributed by atoms with E-state index < -0.39 is 24.0 Å². The van der Waals surface area contributed by atoms with Crippen molar-refractivity contribution in [1.29, 1.82) is 0 Å². The van der Waals surface area contributed by atoms with Crippen molar-refractivity contribution in [3.05, 3.63) is 18.0 Å². The lowest BCUT2D eigenvalue weighted by atomic mass is 10.3. The van der Waals surface area contributed by atoms with Gasteiger partial charge in [0.05, 0.1) is 5.69 Å². The van der Waals surface area contributed by atoms with Crippen LogP contribution in [0.2, 0.25) is 0 Å². The first-order valence-corrected chi connectivity index (χ1v) is 6.47. The summed E-state index contributed by atoms with van der Waals surface area (Å²) in [4.78, 5) is 34.7. The number of nitrogens with two attached hydrogens (primary N) is 1. The Balaban J connectivity index is 2.77. The second kappa shape index (κ2) is 6.78. The number of amides is 3. The molecule has 0 spiro atoms. The van der Waals surface area contributed by atoms with Crippen molar-refractivity contribution in [2.75, 3.05) is 12.8 Å². The minimum Gasteiger partial charge on any atom is -0.448 e. The average molecular weight is 296 g/mol. The number of hydrogen-bond donors (Lipinski definition) is 3. The smallest absolute Gasteiger partial charge is 0.355 e. The van der Waals surface area contributed by atoms with Crippen LogP contribution in [0.5, 0.6) is 0 Å². The summed E-state index contributed by atoms with van der Waals surface area (Å²) in [5.41, 5.74) is 6.35. The minimum absolute atomic E-state index is 0.0138. The van der Waals surface area contributed by atoms with E-state index in [1.165, 1.54) is 20.0 Å². The van der Waals surface area contributed by atoms with Crippen molar-refractivity contribution in [1.82, 2.24) is 15.2 Å². The molecule has 1 atom stereocenters. The molecule has 0 aliphatic heterocycles. The highest BCUT2D eigenvalue weighted by atomic mass is 16.5. The Bertz CT molecular complexity index is 550. The van der Waals surface area contributed by atoms with Crippen LogP contribution in [0.3, 0.4) is 0 Å². The lowest BCUT2D eigenvalue weighted by molar-refractivity contribution is -0.127.